The summed E-state index contributed by atoms with van der Waals surface area (Å²) < 4.78 is 36.9. The molecule has 0 saturated carbocycles. The molecule has 5 nitrogen and oxygen atoms in total. The second kappa shape index (κ2) is 6.48. The molecule has 0 fully saturated rings. The second-order valence-corrected chi connectivity index (χ2v) is 4.79. The minimum absolute atomic E-state index is 0.0311. The number of esters is 1. The summed E-state index contributed by atoms with van der Waals surface area (Å²) in [4.78, 5) is 12.2. The van der Waals surface area contributed by atoms with Gasteiger partial charge >= 0.3 is 5.97 Å². The molecule has 0 radical (unpaired) electrons. The van der Waals surface area contributed by atoms with Crippen molar-refractivity contribution in [3.8, 4) is 6.07 Å². The van der Waals surface area contributed by atoms with Gasteiger partial charge in [-0.1, -0.05) is 6.07 Å². The SMILES string of the molecule is CCOC(=O)C1=C(C)OC(N)=C(C#N)[C@H]1c1ccc(F)c(F)c1. The Morgan fingerprint density at radius 1 is 1.43 bits per heavy atom. The van der Waals surface area contributed by atoms with Crippen LogP contribution in [0.2, 0.25) is 0 Å². The van der Waals surface area contributed by atoms with Gasteiger partial charge in [-0.25, -0.2) is 13.6 Å². The maximum Gasteiger partial charge on any atom is 0.338 e. The van der Waals surface area contributed by atoms with Gasteiger partial charge in [0, 0.05) is 0 Å². The second-order valence-electron chi connectivity index (χ2n) is 4.79. The van der Waals surface area contributed by atoms with E-state index in [1.165, 1.54) is 13.0 Å². The van der Waals surface area contributed by atoms with Gasteiger partial charge in [0.1, 0.15) is 17.4 Å². The number of nitriles is 1. The Morgan fingerprint density at radius 3 is 2.70 bits per heavy atom. The Kier molecular flexibility index (Phi) is 4.65. The third kappa shape index (κ3) is 3.01. The van der Waals surface area contributed by atoms with Crippen LogP contribution in [0.25, 0.3) is 0 Å². The van der Waals surface area contributed by atoms with Gasteiger partial charge in [0.25, 0.3) is 0 Å². The molecule has 0 spiro atoms. The highest BCUT2D eigenvalue weighted by molar-refractivity contribution is 5.92. The van der Waals surface area contributed by atoms with Gasteiger partial charge in [0.15, 0.2) is 11.6 Å². The summed E-state index contributed by atoms with van der Waals surface area (Å²) in [6.07, 6.45) is 0. The van der Waals surface area contributed by atoms with Gasteiger partial charge in [0.2, 0.25) is 5.88 Å². The molecule has 0 saturated heterocycles. The lowest BCUT2D eigenvalue weighted by Gasteiger charge is -2.26. The third-order valence-corrected chi connectivity index (χ3v) is 3.38. The number of hydrogen-bond acceptors (Lipinski definition) is 5. The van der Waals surface area contributed by atoms with E-state index >= 15 is 0 Å². The van der Waals surface area contributed by atoms with Gasteiger partial charge in [-0.2, -0.15) is 5.26 Å². The number of carbonyl (C=O) groups excluding carboxylic acids is 1. The van der Waals surface area contributed by atoms with E-state index in [-0.39, 0.29) is 35.0 Å². The summed E-state index contributed by atoms with van der Waals surface area (Å²) in [7, 11) is 0. The fourth-order valence-corrected chi connectivity index (χ4v) is 2.38. The first kappa shape index (κ1) is 16.5. The largest absolute Gasteiger partial charge is 0.463 e. The van der Waals surface area contributed by atoms with E-state index in [9.17, 15) is 18.8 Å². The molecule has 2 rings (SSSR count). The first-order valence-corrected chi connectivity index (χ1v) is 6.81. The van der Waals surface area contributed by atoms with Gasteiger partial charge < -0.3 is 15.2 Å². The molecular weight excluding hydrogens is 306 g/mol. The molecule has 0 aromatic heterocycles. The van der Waals surface area contributed by atoms with Crippen molar-refractivity contribution in [3.05, 3.63) is 58.2 Å². The van der Waals surface area contributed by atoms with Crippen molar-refractivity contribution in [2.45, 2.75) is 19.8 Å². The molecule has 1 aromatic rings. The zero-order chi connectivity index (χ0) is 17.1. The number of carbonyl (C=O) groups is 1. The number of allylic oxidation sites excluding steroid dienone is 2. The fraction of sp³-hybridized carbons (Fsp3) is 0.250. The highest BCUT2D eigenvalue weighted by atomic mass is 19.2. The van der Waals surface area contributed by atoms with Crippen LogP contribution in [-0.4, -0.2) is 12.6 Å². The monoisotopic (exact) mass is 320 g/mol. The number of halogens is 2. The highest BCUT2D eigenvalue weighted by Crippen LogP contribution is 2.39. The first-order chi connectivity index (χ1) is 10.9. The predicted octanol–water partition coefficient (Wildman–Crippen LogP) is 2.61. The Balaban J connectivity index is 2.64. The molecule has 2 N–H and O–H groups in total. The summed E-state index contributed by atoms with van der Waals surface area (Å²) in [5, 5.41) is 9.32. The van der Waals surface area contributed by atoms with Crippen molar-refractivity contribution in [2.75, 3.05) is 6.61 Å². The average Bonchev–Trinajstić information content (AvgIpc) is 2.49. The van der Waals surface area contributed by atoms with E-state index in [1.807, 2.05) is 6.07 Å². The summed E-state index contributed by atoms with van der Waals surface area (Å²) in [5.41, 5.74) is 5.86. The summed E-state index contributed by atoms with van der Waals surface area (Å²) in [6, 6.07) is 4.98. The molecule has 0 bridgehead atoms. The minimum Gasteiger partial charge on any atom is -0.463 e. The smallest absolute Gasteiger partial charge is 0.338 e. The fourth-order valence-electron chi connectivity index (χ4n) is 2.38. The molecular formula is C16H14F2N2O3. The Hall–Kier alpha value is -2.88. The third-order valence-electron chi connectivity index (χ3n) is 3.38. The molecule has 1 aromatic carbocycles. The molecule has 7 heteroatoms. The van der Waals surface area contributed by atoms with Crippen LogP contribution < -0.4 is 5.73 Å². The molecule has 1 atom stereocenters. The summed E-state index contributed by atoms with van der Waals surface area (Å²) >= 11 is 0. The number of nitrogens with zero attached hydrogens (tertiary/aromatic N) is 1. The van der Waals surface area contributed by atoms with Crippen LogP contribution in [0.4, 0.5) is 8.78 Å². The first-order valence-electron chi connectivity index (χ1n) is 6.81. The van der Waals surface area contributed by atoms with Crippen molar-refractivity contribution in [1.82, 2.24) is 0 Å². The van der Waals surface area contributed by atoms with Crippen LogP contribution in [0.15, 0.2) is 41.0 Å². The van der Waals surface area contributed by atoms with E-state index in [1.54, 1.807) is 6.92 Å². The number of ether oxygens (including phenoxy) is 2. The van der Waals surface area contributed by atoms with E-state index in [2.05, 4.69) is 0 Å². The van der Waals surface area contributed by atoms with E-state index in [4.69, 9.17) is 15.2 Å². The average molecular weight is 320 g/mol. The van der Waals surface area contributed by atoms with Gasteiger partial charge in [-0.05, 0) is 31.5 Å². The van der Waals surface area contributed by atoms with Crippen molar-refractivity contribution < 1.29 is 23.0 Å². The van der Waals surface area contributed by atoms with Crippen LogP contribution in [0.3, 0.4) is 0 Å². The minimum atomic E-state index is -1.09. The zero-order valence-electron chi connectivity index (χ0n) is 12.5. The quantitative estimate of drug-likeness (QED) is 0.865. The van der Waals surface area contributed by atoms with Gasteiger partial charge in [0.05, 0.1) is 18.1 Å². The standard InChI is InChI=1S/C16H14F2N2O3/c1-3-22-16(21)13-8(2)23-15(20)10(7-19)14(13)9-4-5-11(17)12(18)6-9/h4-6,14H,3,20H2,1-2H3/t14-/m1/s1. The maximum atomic E-state index is 13.6. The summed E-state index contributed by atoms with van der Waals surface area (Å²) in [6.45, 7) is 3.22. The van der Waals surface area contributed by atoms with Crippen LogP contribution in [0, 0.1) is 23.0 Å². The lowest BCUT2D eigenvalue weighted by molar-refractivity contribution is -0.139. The molecule has 0 aliphatic carbocycles. The van der Waals surface area contributed by atoms with Crippen molar-refractivity contribution in [2.24, 2.45) is 5.73 Å². The number of nitrogens with two attached hydrogens (primary N) is 1. The van der Waals surface area contributed by atoms with Crippen LogP contribution in [0.1, 0.15) is 25.3 Å². The van der Waals surface area contributed by atoms with Gasteiger partial charge in [-0.3, -0.25) is 0 Å². The Bertz CT molecular complexity index is 763. The van der Waals surface area contributed by atoms with Gasteiger partial charge in [-0.15, -0.1) is 0 Å². The van der Waals surface area contributed by atoms with Crippen molar-refractivity contribution in [1.29, 1.82) is 5.26 Å². The lowest BCUT2D eigenvalue weighted by Crippen LogP contribution is -2.25. The summed E-state index contributed by atoms with van der Waals surface area (Å²) in [5.74, 6) is -3.86. The Labute approximate surface area is 131 Å². The zero-order valence-corrected chi connectivity index (χ0v) is 12.5. The lowest BCUT2D eigenvalue weighted by atomic mass is 9.83. The van der Waals surface area contributed by atoms with Crippen LogP contribution in [0.5, 0.6) is 0 Å². The van der Waals surface area contributed by atoms with E-state index in [0.717, 1.165) is 12.1 Å². The molecule has 0 unspecified atom stereocenters. The molecule has 1 heterocycles. The molecule has 0 amide bonds. The molecule has 23 heavy (non-hydrogen) atoms. The maximum absolute atomic E-state index is 13.6. The number of hydrogen-bond donors (Lipinski definition) is 1. The Morgan fingerprint density at radius 2 is 2.13 bits per heavy atom. The molecule has 1 aliphatic heterocycles. The molecule has 120 valence electrons. The normalized spacial score (nSPS) is 17.6. The topological polar surface area (TPSA) is 85.3 Å². The van der Waals surface area contributed by atoms with Crippen LogP contribution >= 0.6 is 0 Å². The van der Waals surface area contributed by atoms with E-state index in [0.29, 0.717) is 0 Å². The van der Waals surface area contributed by atoms with E-state index < -0.39 is 23.5 Å². The highest BCUT2D eigenvalue weighted by Gasteiger charge is 2.36. The molecule has 1 aliphatic rings. The number of benzene rings is 1. The predicted molar refractivity (Wildman–Crippen MR) is 76.3 cm³/mol. The van der Waals surface area contributed by atoms with Crippen molar-refractivity contribution >= 4 is 5.97 Å². The number of rotatable bonds is 3. The van der Waals surface area contributed by atoms with Crippen molar-refractivity contribution in [3.63, 3.8) is 0 Å². The van der Waals surface area contributed by atoms with Crippen LogP contribution in [-0.2, 0) is 14.3 Å².